The molecule has 0 unspecified atom stereocenters. The minimum atomic E-state index is -0.276. The summed E-state index contributed by atoms with van der Waals surface area (Å²) in [6.07, 6.45) is 3.54. The Balaban J connectivity index is 1.46. The number of carbonyl (C=O) groups excluding carboxylic acids is 1. The van der Waals surface area contributed by atoms with Crippen LogP contribution in [0.2, 0.25) is 0 Å². The van der Waals surface area contributed by atoms with Crippen LogP contribution in [0.4, 0.5) is 0 Å². The van der Waals surface area contributed by atoms with Gasteiger partial charge in [-0.2, -0.15) is 5.10 Å². The molecule has 0 saturated carbocycles. The fourth-order valence-electron chi connectivity index (χ4n) is 4.07. The van der Waals surface area contributed by atoms with Gasteiger partial charge < -0.3 is 4.98 Å². The highest BCUT2D eigenvalue weighted by molar-refractivity contribution is 6.07. The molecule has 0 saturated heterocycles. The molecule has 0 aliphatic carbocycles. The zero-order valence-electron chi connectivity index (χ0n) is 19.5. The van der Waals surface area contributed by atoms with Gasteiger partial charge in [0.2, 0.25) is 0 Å². The second kappa shape index (κ2) is 8.60. The molecule has 168 valence electrons. The van der Waals surface area contributed by atoms with Gasteiger partial charge in [-0.3, -0.25) is 4.79 Å². The van der Waals surface area contributed by atoms with E-state index in [1.807, 2.05) is 60.8 Å². The van der Waals surface area contributed by atoms with Crippen LogP contribution in [0.25, 0.3) is 33.1 Å². The molecule has 2 heterocycles. The molecule has 2 aromatic heterocycles. The zero-order chi connectivity index (χ0) is 23.7. The van der Waals surface area contributed by atoms with E-state index in [4.69, 9.17) is 4.98 Å². The summed E-state index contributed by atoms with van der Waals surface area (Å²) in [6, 6.07) is 25.9. The number of H-pyrrole nitrogens is 1. The Labute approximate surface area is 198 Å². The summed E-state index contributed by atoms with van der Waals surface area (Å²) in [5, 5.41) is 6.06. The van der Waals surface area contributed by atoms with Crippen molar-refractivity contribution in [2.24, 2.45) is 5.10 Å². The molecule has 1 amide bonds. The van der Waals surface area contributed by atoms with E-state index < -0.39 is 0 Å². The number of aromatic nitrogens is 2. The van der Waals surface area contributed by atoms with E-state index in [0.717, 1.165) is 38.6 Å². The summed E-state index contributed by atoms with van der Waals surface area (Å²) in [7, 11) is 0. The van der Waals surface area contributed by atoms with Crippen LogP contribution >= 0.6 is 0 Å². The maximum absolute atomic E-state index is 13.2. The van der Waals surface area contributed by atoms with Gasteiger partial charge in [0.1, 0.15) is 0 Å². The Morgan fingerprint density at radius 2 is 1.65 bits per heavy atom. The van der Waals surface area contributed by atoms with Gasteiger partial charge in [0, 0.05) is 33.6 Å². The molecule has 3 aromatic carbocycles. The highest BCUT2D eigenvalue weighted by atomic mass is 16.2. The normalized spacial score (nSPS) is 12.0. The number of pyridine rings is 1. The number of carbonyl (C=O) groups is 1. The quantitative estimate of drug-likeness (QED) is 0.246. The number of benzene rings is 3. The summed E-state index contributed by atoms with van der Waals surface area (Å²) in [5.41, 5.74) is 8.98. The fourth-order valence-corrected chi connectivity index (χ4v) is 4.07. The number of fused-ring (bicyclic) bond motifs is 2. The molecule has 5 heteroatoms. The molecule has 0 atom stereocenters. The fraction of sp³-hybridized carbons (Fsp3) is 0.138. The molecular formula is C29H26N4O. The number of nitrogens with one attached hydrogen (secondary N) is 2. The number of nitrogens with zero attached hydrogens (tertiary/aromatic N) is 2. The second-order valence-corrected chi connectivity index (χ2v) is 9.39. The molecule has 0 aliphatic rings. The molecule has 5 aromatic rings. The summed E-state index contributed by atoms with van der Waals surface area (Å²) < 4.78 is 0. The van der Waals surface area contributed by atoms with Crippen molar-refractivity contribution in [2.75, 3.05) is 0 Å². The van der Waals surface area contributed by atoms with Gasteiger partial charge in [0.15, 0.2) is 0 Å². The molecule has 34 heavy (non-hydrogen) atoms. The van der Waals surface area contributed by atoms with Crippen LogP contribution in [0.5, 0.6) is 0 Å². The van der Waals surface area contributed by atoms with Crippen molar-refractivity contribution in [1.29, 1.82) is 0 Å². The third kappa shape index (κ3) is 4.20. The summed E-state index contributed by atoms with van der Waals surface area (Å²) in [4.78, 5) is 21.2. The van der Waals surface area contributed by atoms with E-state index in [9.17, 15) is 4.79 Å². The number of hydrogen-bond acceptors (Lipinski definition) is 3. The van der Waals surface area contributed by atoms with Crippen LogP contribution in [-0.2, 0) is 5.41 Å². The number of amides is 1. The number of rotatable bonds is 4. The van der Waals surface area contributed by atoms with Crippen molar-refractivity contribution >= 4 is 33.9 Å². The third-order valence-electron chi connectivity index (χ3n) is 6.00. The molecule has 0 bridgehead atoms. The number of aromatic amines is 1. The summed E-state index contributed by atoms with van der Waals surface area (Å²) in [6.45, 7) is 6.57. The van der Waals surface area contributed by atoms with Gasteiger partial charge in [0.25, 0.3) is 5.91 Å². The first-order chi connectivity index (χ1) is 16.4. The predicted octanol–water partition coefficient (Wildman–Crippen LogP) is 6.44. The van der Waals surface area contributed by atoms with Crippen molar-refractivity contribution < 1.29 is 4.79 Å². The van der Waals surface area contributed by atoms with Crippen LogP contribution in [0.15, 0.2) is 90.2 Å². The Morgan fingerprint density at radius 1 is 0.941 bits per heavy atom. The van der Waals surface area contributed by atoms with Crippen molar-refractivity contribution in [3.63, 3.8) is 0 Å². The third-order valence-corrected chi connectivity index (χ3v) is 6.00. The van der Waals surface area contributed by atoms with E-state index in [-0.39, 0.29) is 11.3 Å². The minimum Gasteiger partial charge on any atom is -0.361 e. The van der Waals surface area contributed by atoms with Crippen molar-refractivity contribution in [3.05, 3.63) is 102 Å². The number of hydrogen-bond donors (Lipinski definition) is 2. The highest BCUT2D eigenvalue weighted by Gasteiger charge is 2.16. The second-order valence-electron chi connectivity index (χ2n) is 9.39. The average molecular weight is 447 g/mol. The Hall–Kier alpha value is -4.25. The van der Waals surface area contributed by atoms with E-state index in [2.05, 4.69) is 60.5 Å². The predicted molar refractivity (Wildman–Crippen MR) is 139 cm³/mol. The SMILES string of the molecule is CC(C)(C)c1ccc(-c2cc(C(=O)N/N=C/c3c[nH]c4ccccc34)c3ccccc3n2)cc1. The molecule has 5 nitrogen and oxygen atoms in total. The molecule has 0 fully saturated rings. The average Bonchev–Trinajstić information content (AvgIpc) is 3.26. The largest absolute Gasteiger partial charge is 0.361 e. The first kappa shape index (κ1) is 21.6. The maximum atomic E-state index is 13.2. The van der Waals surface area contributed by atoms with Crippen LogP contribution < -0.4 is 5.43 Å². The van der Waals surface area contributed by atoms with Crippen molar-refractivity contribution in [2.45, 2.75) is 26.2 Å². The molecular weight excluding hydrogens is 420 g/mol. The van der Waals surface area contributed by atoms with Crippen molar-refractivity contribution in [1.82, 2.24) is 15.4 Å². The number of hydrazone groups is 1. The van der Waals surface area contributed by atoms with E-state index >= 15 is 0 Å². The maximum Gasteiger partial charge on any atom is 0.272 e. The molecule has 0 aliphatic heterocycles. The van der Waals surface area contributed by atoms with E-state index in [0.29, 0.717) is 5.56 Å². The Kier molecular flexibility index (Phi) is 5.46. The number of para-hydroxylation sites is 2. The highest BCUT2D eigenvalue weighted by Crippen LogP contribution is 2.28. The molecule has 2 N–H and O–H groups in total. The van der Waals surface area contributed by atoms with Gasteiger partial charge in [-0.25, -0.2) is 10.4 Å². The summed E-state index contributed by atoms with van der Waals surface area (Å²) in [5.74, 6) is -0.276. The van der Waals surface area contributed by atoms with Crippen LogP contribution in [0.1, 0.15) is 42.3 Å². The Morgan fingerprint density at radius 3 is 2.41 bits per heavy atom. The molecule has 0 spiro atoms. The topological polar surface area (TPSA) is 70.1 Å². The van der Waals surface area contributed by atoms with Crippen LogP contribution in [0, 0.1) is 0 Å². The first-order valence-electron chi connectivity index (χ1n) is 11.3. The summed E-state index contributed by atoms with van der Waals surface area (Å²) >= 11 is 0. The lowest BCUT2D eigenvalue weighted by atomic mass is 9.86. The van der Waals surface area contributed by atoms with E-state index in [1.165, 1.54) is 5.56 Å². The van der Waals surface area contributed by atoms with Gasteiger partial charge >= 0.3 is 0 Å². The van der Waals surface area contributed by atoms with Gasteiger partial charge in [-0.05, 0) is 29.2 Å². The lowest BCUT2D eigenvalue weighted by molar-refractivity contribution is 0.0956. The van der Waals surface area contributed by atoms with Crippen molar-refractivity contribution in [3.8, 4) is 11.3 Å². The lowest BCUT2D eigenvalue weighted by Gasteiger charge is -2.19. The molecule has 0 radical (unpaired) electrons. The van der Waals surface area contributed by atoms with Gasteiger partial charge in [-0.15, -0.1) is 0 Å². The lowest BCUT2D eigenvalue weighted by Crippen LogP contribution is -2.18. The minimum absolute atomic E-state index is 0.0726. The molecule has 5 rings (SSSR count). The van der Waals surface area contributed by atoms with Gasteiger partial charge in [-0.1, -0.05) is 81.4 Å². The smallest absolute Gasteiger partial charge is 0.272 e. The van der Waals surface area contributed by atoms with Gasteiger partial charge in [0.05, 0.1) is 23.0 Å². The Bertz CT molecular complexity index is 1520. The van der Waals surface area contributed by atoms with Crippen LogP contribution in [-0.4, -0.2) is 22.1 Å². The standard InChI is InChI=1S/C29H26N4O/c1-29(2,3)21-14-12-19(13-15-21)27-16-24(23-9-5-7-11-26(23)32-27)28(34)33-31-18-20-17-30-25-10-6-4-8-22(20)25/h4-18,30H,1-3H3,(H,33,34)/b31-18+. The van der Waals surface area contributed by atoms with Crippen LogP contribution in [0.3, 0.4) is 0 Å². The van der Waals surface area contributed by atoms with E-state index in [1.54, 1.807) is 6.21 Å². The monoisotopic (exact) mass is 446 g/mol. The first-order valence-corrected chi connectivity index (χ1v) is 11.3. The zero-order valence-corrected chi connectivity index (χ0v) is 19.5.